The van der Waals surface area contributed by atoms with Crippen molar-refractivity contribution in [2.75, 3.05) is 11.9 Å². The second-order valence-corrected chi connectivity index (χ2v) is 8.94. The van der Waals surface area contributed by atoms with Gasteiger partial charge in [-0.1, -0.05) is 72.3 Å². The fourth-order valence-corrected chi connectivity index (χ4v) is 4.78. The van der Waals surface area contributed by atoms with E-state index >= 15 is 0 Å². The van der Waals surface area contributed by atoms with Gasteiger partial charge in [-0.25, -0.2) is 0 Å². The summed E-state index contributed by atoms with van der Waals surface area (Å²) in [5, 5.41) is 4.08. The van der Waals surface area contributed by atoms with Gasteiger partial charge in [-0.05, 0) is 48.2 Å². The average Bonchev–Trinajstić information content (AvgIpc) is 2.99. The molecule has 0 amide bonds. The number of ketones is 2. The Hall–Kier alpha value is -3.63. The van der Waals surface area contributed by atoms with Crippen LogP contribution in [0.2, 0.25) is 5.02 Å². The van der Waals surface area contributed by atoms with Gasteiger partial charge in [0.1, 0.15) is 5.82 Å². The van der Waals surface area contributed by atoms with Crippen LogP contribution in [0.15, 0.2) is 84.9 Å². The molecule has 3 aromatic carbocycles. The number of nitrogens with one attached hydrogen (secondary N) is 1. The molecule has 0 bridgehead atoms. The van der Waals surface area contributed by atoms with E-state index < -0.39 is 0 Å². The minimum absolute atomic E-state index is 0.0105. The molecule has 5 rings (SSSR count). The molecule has 5 heteroatoms. The number of carbonyl (C=O) groups is 2. The smallest absolute Gasteiger partial charge is 0.197 e. The van der Waals surface area contributed by atoms with Gasteiger partial charge in [0.25, 0.3) is 0 Å². The molecule has 0 aliphatic carbocycles. The molecule has 34 heavy (non-hydrogen) atoms. The summed E-state index contributed by atoms with van der Waals surface area (Å²) in [6.45, 7) is 1.57. The number of rotatable bonds is 6. The van der Waals surface area contributed by atoms with Crippen LogP contribution in [0.4, 0.5) is 5.82 Å². The number of aromatic nitrogens is 1. The molecule has 2 heterocycles. The number of nitrogens with zero attached hydrogens (tertiary/aromatic N) is 1. The molecular formula is C29H25ClN2O2. The molecule has 1 N–H and O–H groups in total. The van der Waals surface area contributed by atoms with E-state index in [2.05, 4.69) is 9.88 Å². The van der Waals surface area contributed by atoms with Gasteiger partial charge in [0.2, 0.25) is 0 Å². The predicted molar refractivity (Wildman–Crippen MR) is 137 cm³/mol. The van der Waals surface area contributed by atoms with E-state index in [4.69, 9.17) is 11.6 Å². The van der Waals surface area contributed by atoms with Crippen LogP contribution in [0.5, 0.6) is 0 Å². The quantitative estimate of drug-likeness (QED) is 0.321. The number of hydrogen-bond acceptors (Lipinski definition) is 3. The van der Waals surface area contributed by atoms with Gasteiger partial charge in [-0.3, -0.25) is 9.59 Å². The molecule has 0 atom stereocenters. The largest absolute Gasteiger partial charge is 0.371 e. The lowest BCUT2D eigenvalue weighted by atomic mass is 9.93. The maximum atomic E-state index is 13.9. The van der Waals surface area contributed by atoms with Gasteiger partial charge in [0.05, 0.1) is 11.3 Å². The summed E-state index contributed by atoms with van der Waals surface area (Å²) >= 11 is 6.08. The molecule has 0 radical (unpaired) electrons. The van der Waals surface area contributed by atoms with Crippen molar-refractivity contribution in [1.29, 1.82) is 0 Å². The fraction of sp³-hybridized carbons (Fsp3) is 0.172. The molecule has 4 aromatic rings. The Kier molecular flexibility index (Phi) is 6.33. The third-order valence-electron chi connectivity index (χ3n) is 6.28. The molecule has 0 saturated carbocycles. The fourth-order valence-electron chi connectivity index (χ4n) is 4.66. The van der Waals surface area contributed by atoms with E-state index in [1.54, 1.807) is 24.3 Å². The highest BCUT2D eigenvalue weighted by Crippen LogP contribution is 2.39. The monoisotopic (exact) mass is 468 g/mol. The van der Waals surface area contributed by atoms with E-state index in [1.807, 2.05) is 60.7 Å². The number of benzene rings is 3. The predicted octanol–water partition coefficient (Wildman–Crippen LogP) is 6.67. The number of anilines is 1. The van der Waals surface area contributed by atoms with Crippen LogP contribution >= 0.6 is 11.6 Å². The van der Waals surface area contributed by atoms with Crippen molar-refractivity contribution in [1.82, 2.24) is 4.57 Å². The Morgan fingerprint density at radius 2 is 1.50 bits per heavy atom. The number of carbonyl (C=O) groups excluding carboxylic acids is 2. The maximum Gasteiger partial charge on any atom is 0.197 e. The first-order valence-electron chi connectivity index (χ1n) is 11.6. The number of halogens is 1. The Morgan fingerprint density at radius 3 is 2.21 bits per heavy atom. The topological polar surface area (TPSA) is 51.1 Å². The molecule has 1 aromatic heterocycles. The van der Waals surface area contributed by atoms with Crippen molar-refractivity contribution in [2.45, 2.75) is 25.8 Å². The third kappa shape index (κ3) is 4.29. The van der Waals surface area contributed by atoms with Crippen molar-refractivity contribution in [3.05, 3.63) is 112 Å². The lowest BCUT2D eigenvalue weighted by molar-refractivity contribution is 0.0993. The van der Waals surface area contributed by atoms with E-state index in [1.165, 1.54) is 0 Å². The molecule has 1 aliphatic heterocycles. The second kappa shape index (κ2) is 9.70. The van der Waals surface area contributed by atoms with Crippen molar-refractivity contribution >= 4 is 29.0 Å². The van der Waals surface area contributed by atoms with Crippen LogP contribution in [0, 0.1) is 0 Å². The van der Waals surface area contributed by atoms with Crippen molar-refractivity contribution in [3.8, 4) is 11.3 Å². The Labute approximate surface area is 204 Å². The Morgan fingerprint density at radius 1 is 0.824 bits per heavy atom. The first-order chi connectivity index (χ1) is 16.6. The Bertz CT molecular complexity index is 1330. The van der Waals surface area contributed by atoms with Crippen LogP contribution in [0.1, 0.15) is 44.7 Å². The molecule has 4 nitrogen and oxygen atoms in total. The molecule has 0 spiro atoms. The summed E-state index contributed by atoms with van der Waals surface area (Å²) in [4.78, 5) is 27.3. The molecule has 0 unspecified atom stereocenters. The number of hydrogen-bond donors (Lipinski definition) is 1. The minimum atomic E-state index is -0.104. The third-order valence-corrected chi connectivity index (χ3v) is 6.53. The van der Waals surface area contributed by atoms with Gasteiger partial charge in [-0.2, -0.15) is 0 Å². The molecule has 170 valence electrons. The SMILES string of the molecule is O=C(Cc1c(C(=O)c2ccc(Cl)cc2)c2n(c1-c1ccccc1)CCCCN2)c1ccccc1. The summed E-state index contributed by atoms with van der Waals surface area (Å²) < 4.78 is 2.19. The average molecular weight is 469 g/mol. The van der Waals surface area contributed by atoms with Crippen LogP contribution in [-0.2, 0) is 13.0 Å². The minimum Gasteiger partial charge on any atom is -0.371 e. The van der Waals surface area contributed by atoms with Gasteiger partial charge in [0.15, 0.2) is 11.6 Å². The van der Waals surface area contributed by atoms with E-state index in [0.29, 0.717) is 21.7 Å². The summed E-state index contributed by atoms with van der Waals surface area (Å²) in [5.41, 5.74) is 4.47. The Balaban J connectivity index is 1.73. The highest BCUT2D eigenvalue weighted by molar-refractivity contribution is 6.30. The summed E-state index contributed by atoms with van der Waals surface area (Å²) in [7, 11) is 0. The van der Waals surface area contributed by atoms with Crippen molar-refractivity contribution in [2.24, 2.45) is 0 Å². The van der Waals surface area contributed by atoms with Crippen LogP contribution in [0.25, 0.3) is 11.3 Å². The maximum absolute atomic E-state index is 13.9. The number of Topliss-reactive ketones (excluding diaryl/α,β-unsaturated/α-hetero) is 1. The second-order valence-electron chi connectivity index (χ2n) is 8.50. The zero-order chi connectivity index (χ0) is 23.5. The van der Waals surface area contributed by atoms with Crippen LogP contribution in [-0.4, -0.2) is 22.7 Å². The zero-order valence-electron chi connectivity index (χ0n) is 18.8. The summed E-state index contributed by atoms with van der Waals surface area (Å²) in [5.74, 6) is 0.684. The molecule has 1 aliphatic rings. The van der Waals surface area contributed by atoms with E-state index in [0.717, 1.165) is 48.6 Å². The van der Waals surface area contributed by atoms with E-state index in [-0.39, 0.29) is 18.0 Å². The summed E-state index contributed by atoms with van der Waals surface area (Å²) in [6.07, 6.45) is 2.16. The van der Waals surface area contributed by atoms with Gasteiger partial charge < -0.3 is 9.88 Å². The first kappa shape index (κ1) is 22.2. The van der Waals surface area contributed by atoms with Gasteiger partial charge in [-0.15, -0.1) is 0 Å². The van der Waals surface area contributed by atoms with Gasteiger partial charge in [0, 0.05) is 35.7 Å². The van der Waals surface area contributed by atoms with Crippen molar-refractivity contribution < 1.29 is 9.59 Å². The van der Waals surface area contributed by atoms with E-state index in [9.17, 15) is 9.59 Å². The normalized spacial score (nSPS) is 13.0. The zero-order valence-corrected chi connectivity index (χ0v) is 19.5. The standard InChI is InChI=1S/C29H25ClN2O2/c30-23-15-13-22(14-16-23)28(34)26-24(19-25(33)20-9-3-1-4-10-20)27(21-11-5-2-6-12-21)32-18-8-7-17-31-29(26)32/h1-6,9-16,31H,7-8,17-19H2. The molecule has 0 saturated heterocycles. The number of fused-ring (bicyclic) bond motifs is 1. The highest BCUT2D eigenvalue weighted by atomic mass is 35.5. The lowest BCUT2D eigenvalue weighted by Gasteiger charge is -2.12. The van der Waals surface area contributed by atoms with Crippen LogP contribution < -0.4 is 5.32 Å². The van der Waals surface area contributed by atoms with Gasteiger partial charge >= 0.3 is 0 Å². The molecular weight excluding hydrogens is 444 g/mol. The highest BCUT2D eigenvalue weighted by Gasteiger charge is 2.30. The molecule has 0 fully saturated rings. The summed E-state index contributed by atoms with van der Waals surface area (Å²) in [6, 6.07) is 26.3. The first-order valence-corrected chi connectivity index (χ1v) is 11.9. The van der Waals surface area contributed by atoms with Crippen LogP contribution in [0.3, 0.4) is 0 Å². The van der Waals surface area contributed by atoms with Crippen molar-refractivity contribution in [3.63, 3.8) is 0 Å². The lowest BCUT2D eigenvalue weighted by Crippen LogP contribution is -2.12.